The Kier molecular flexibility index (Phi) is 5.78. The molecule has 1 aromatic carbocycles. The van der Waals surface area contributed by atoms with Gasteiger partial charge in [0.05, 0.1) is 10.6 Å². The van der Waals surface area contributed by atoms with E-state index in [2.05, 4.69) is 21.8 Å². The first-order valence-electron chi connectivity index (χ1n) is 6.58. The molecule has 1 N–H and O–H groups in total. The highest BCUT2D eigenvalue weighted by atomic mass is 35.5. The second kappa shape index (κ2) is 7.36. The maximum Gasteiger partial charge on any atom is 0.0803 e. The molecule has 1 heterocycles. The summed E-state index contributed by atoms with van der Waals surface area (Å²) < 4.78 is 4.09. The number of aromatic nitrogens is 2. The van der Waals surface area contributed by atoms with Crippen molar-refractivity contribution in [1.82, 2.24) is 14.9 Å². The zero-order valence-corrected chi connectivity index (χ0v) is 13.8. The molecule has 2 aromatic rings. The number of rotatable bonds is 6. The van der Waals surface area contributed by atoms with Gasteiger partial charge in [0.2, 0.25) is 0 Å². The molecule has 0 amide bonds. The molecular weight excluding hydrogens is 313 g/mol. The molecule has 0 aliphatic rings. The van der Waals surface area contributed by atoms with Crippen LogP contribution in [0.2, 0.25) is 10.0 Å². The van der Waals surface area contributed by atoms with Gasteiger partial charge in [-0.25, -0.2) is 0 Å². The number of likely N-dealkylation sites (N-methyl/N-ethyl adjacent to an activating group) is 1. The molecule has 0 saturated carbocycles. The van der Waals surface area contributed by atoms with Gasteiger partial charge in [-0.2, -0.15) is 0 Å². The molecule has 0 aliphatic carbocycles. The van der Waals surface area contributed by atoms with Crippen LogP contribution in [0.3, 0.4) is 0 Å². The zero-order chi connectivity index (χ0) is 14.5. The van der Waals surface area contributed by atoms with Crippen molar-refractivity contribution in [3.8, 4) is 0 Å². The first-order valence-corrected chi connectivity index (χ1v) is 8.11. The molecule has 3 nitrogen and oxygen atoms in total. The predicted molar refractivity (Wildman–Crippen MR) is 85.9 cm³/mol. The normalized spacial score (nSPS) is 12.6. The topological polar surface area (TPSA) is 37.8 Å². The molecule has 0 radical (unpaired) electrons. The second-order valence-corrected chi connectivity index (χ2v) is 6.24. The lowest BCUT2D eigenvalue weighted by Crippen LogP contribution is -2.19. The van der Waals surface area contributed by atoms with Crippen LogP contribution in [-0.2, 0) is 12.8 Å². The third kappa shape index (κ3) is 3.70. The smallest absolute Gasteiger partial charge is 0.0803 e. The van der Waals surface area contributed by atoms with Crippen molar-refractivity contribution in [2.24, 2.45) is 0 Å². The molecule has 1 atom stereocenters. The Hall–Kier alpha value is -0.680. The third-order valence-corrected chi connectivity index (χ3v) is 4.64. The predicted octanol–water partition coefficient (Wildman–Crippen LogP) is 4.30. The largest absolute Gasteiger partial charge is 0.312 e. The lowest BCUT2D eigenvalue weighted by atomic mass is 10.0. The molecule has 6 heteroatoms. The van der Waals surface area contributed by atoms with Crippen molar-refractivity contribution in [3.05, 3.63) is 44.4 Å². The van der Waals surface area contributed by atoms with Gasteiger partial charge in [-0.1, -0.05) is 47.1 Å². The highest BCUT2D eigenvalue weighted by Gasteiger charge is 2.19. The Balaban J connectivity index is 2.22. The molecule has 0 fully saturated rings. The summed E-state index contributed by atoms with van der Waals surface area (Å²) in [5, 5.41) is 8.92. The molecule has 1 aromatic heterocycles. The minimum Gasteiger partial charge on any atom is -0.312 e. The van der Waals surface area contributed by atoms with Crippen LogP contribution in [0, 0.1) is 0 Å². The maximum absolute atomic E-state index is 6.25. The van der Waals surface area contributed by atoms with Crippen molar-refractivity contribution in [2.75, 3.05) is 7.05 Å². The van der Waals surface area contributed by atoms with Crippen LogP contribution in [0.1, 0.15) is 35.5 Å². The molecule has 0 aliphatic heterocycles. The molecule has 0 spiro atoms. The SMILES string of the molecule is CCCc1nnsc1C(Cc1ccc(Cl)cc1Cl)NC. The van der Waals surface area contributed by atoms with Gasteiger partial charge >= 0.3 is 0 Å². The van der Waals surface area contributed by atoms with Gasteiger partial charge < -0.3 is 5.32 Å². The van der Waals surface area contributed by atoms with Crippen molar-refractivity contribution in [1.29, 1.82) is 0 Å². The van der Waals surface area contributed by atoms with Gasteiger partial charge in [0.1, 0.15) is 0 Å². The summed E-state index contributed by atoms with van der Waals surface area (Å²) in [6.07, 6.45) is 2.82. The van der Waals surface area contributed by atoms with Crippen LogP contribution in [0.15, 0.2) is 18.2 Å². The van der Waals surface area contributed by atoms with Gasteiger partial charge in [0.15, 0.2) is 0 Å². The van der Waals surface area contributed by atoms with E-state index in [0.29, 0.717) is 10.0 Å². The molecule has 20 heavy (non-hydrogen) atoms. The van der Waals surface area contributed by atoms with E-state index < -0.39 is 0 Å². The lowest BCUT2D eigenvalue weighted by molar-refractivity contribution is 0.593. The number of hydrogen-bond acceptors (Lipinski definition) is 4. The number of halogens is 2. The highest BCUT2D eigenvalue weighted by molar-refractivity contribution is 7.05. The monoisotopic (exact) mass is 329 g/mol. The van der Waals surface area contributed by atoms with E-state index >= 15 is 0 Å². The van der Waals surface area contributed by atoms with Crippen LogP contribution in [0.5, 0.6) is 0 Å². The Bertz CT molecular complexity index is 571. The Morgan fingerprint density at radius 2 is 2.15 bits per heavy atom. The fourth-order valence-electron chi connectivity index (χ4n) is 2.12. The molecule has 108 valence electrons. The van der Waals surface area contributed by atoms with Crippen molar-refractivity contribution >= 4 is 34.7 Å². The van der Waals surface area contributed by atoms with E-state index in [9.17, 15) is 0 Å². The summed E-state index contributed by atoms with van der Waals surface area (Å²) in [6, 6.07) is 5.80. The molecule has 0 saturated heterocycles. The van der Waals surface area contributed by atoms with E-state index in [0.717, 1.165) is 30.5 Å². The van der Waals surface area contributed by atoms with Crippen LogP contribution in [0.25, 0.3) is 0 Å². The minimum atomic E-state index is 0.176. The summed E-state index contributed by atoms with van der Waals surface area (Å²) in [5.74, 6) is 0. The molecular formula is C14H17Cl2N3S. The van der Waals surface area contributed by atoms with Crippen LogP contribution < -0.4 is 5.32 Å². The van der Waals surface area contributed by atoms with Crippen molar-refractivity contribution < 1.29 is 0 Å². The van der Waals surface area contributed by atoms with Crippen LogP contribution in [0.4, 0.5) is 0 Å². The molecule has 0 bridgehead atoms. The first-order chi connectivity index (χ1) is 9.65. The van der Waals surface area contributed by atoms with Crippen molar-refractivity contribution in [3.63, 3.8) is 0 Å². The third-order valence-electron chi connectivity index (χ3n) is 3.18. The molecule has 2 rings (SSSR count). The van der Waals surface area contributed by atoms with Gasteiger partial charge in [0.25, 0.3) is 0 Å². The summed E-state index contributed by atoms with van der Waals surface area (Å²) in [5.41, 5.74) is 2.16. The summed E-state index contributed by atoms with van der Waals surface area (Å²) >= 11 is 13.6. The minimum absolute atomic E-state index is 0.176. The van der Waals surface area contributed by atoms with Gasteiger partial charge in [0, 0.05) is 16.1 Å². The van der Waals surface area contributed by atoms with E-state index in [1.165, 1.54) is 16.4 Å². The summed E-state index contributed by atoms with van der Waals surface area (Å²) in [6.45, 7) is 2.15. The number of nitrogens with one attached hydrogen (secondary N) is 1. The number of benzene rings is 1. The average molecular weight is 330 g/mol. The number of aryl methyl sites for hydroxylation is 1. The number of hydrogen-bond donors (Lipinski definition) is 1. The standard InChI is InChI=1S/C14H17Cl2N3S/c1-3-4-12-14(20-19-18-12)13(17-2)7-9-5-6-10(15)8-11(9)16/h5-6,8,13,17H,3-4,7H2,1-2H3. The zero-order valence-electron chi connectivity index (χ0n) is 11.5. The van der Waals surface area contributed by atoms with Gasteiger partial charge in [-0.15, -0.1) is 5.10 Å². The fourth-order valence-corrected chi connectivity index (χ4v) is 3.41. The number of nitrogens with zero attached hydrogens (tertiary/aromatic N) is 2. The van der Waals surface area contributed by atoms with E-state index in [1.54, 1.807) is 6.07 Å². The van der Waals surface area contributed by atoms with E-state index in [-0.39, 0.29) is 6.04 Å². The van der Waals surface area contributed by atoms with Gasteiger partial charge in [-0.05, 0) is 49.1 Å². The van der Waals surface area contributed by atoms with Crippen molar-refractivity contribution in [2.45, 2.75) is 32.2 Å². The van der Waals surface area contributed by atoms with E-state index in [1.807, 2.05) is 19.2 Å². The second-order valence-electron chi connectivity index (χ2n) is 4.61. The summed E-state index contributed by atoms with van der Waals surface area (Å²) in [7, 11) is 1.95. The first kappa shape index (κ1) is 15.7. The van der Waals surface area contributed by atoms with Crippen LogP contribution >= 0.6 is 34.7 Å². The quantitative estimate of drug-likeness (QED) is 0.858. The lowest BCUT2D eigenvalue weighted by Gasteiger charge is -2.16. The Morgan fingerprint density at radius 1 is 1.35 bits per heavy atom. The highest BCUT2D eigenvalue weighted by Crippen LogP contribution is 2.29. The Labute approximate surface area is 133 Å². The fraction of sp³-hybridized carbons (Fsp3) is 0.429. The summed E-state index contributed by atoms with van der Waals surface area (Å²) in [4.78, 5) is 1.19. The molecule has 1 unspecified atom stereocenters. The average Bonchev–Trinajstić information content (AvgIpc) is 2.87. The van der Waals surface area contributed by atoms with Gasteiger partial charge in [-0.3, -0.25) is 0 Å². The maximum atomic E-state index is 6.25. The van der Waals surface area contributed by atoms with Crippen LogP contribution in [-0.4, -0.2) is 16.6 Å². The van der Waals surface area contributed by atoms with E-state index in [4.69, 9.17) is 23.2 Å². The Morgan fingerprint density at radius 3 is 2.80 bits per heavy atom.